The fourth-order valence-electron chi connectivity index (χ4n) is 5.67. The minimum absolute atomic E-state index is 0.129. The van der Waals surface area contributed by atoms with E-state index in [4.69, 9.17) is 28.4 Å². The van der Waals surface area contributed by atoms with Crippen LogP contribution in [0, 0.1) is 11.8 Å². The normalized spacial score (nSPS) is 50.7. The Balaban J connectivity index is 1.69. The molecule has 1 N–H and O–H groups in total. The van der Waals surface area contributed by atoms with Crippen LogP contribution in [0.4, 0.5) is 0 Å². The summed E-state index contributed by atoms with van der Waals surface area (Å²) in [5.41, 5.74) is 0.0214. The van der Waals surface area contributed by atoms with Gasteiger partial charge in [-0.1, -0.05) is 24.3 Å². The predicted octanol–water partition coefficient (Wildman–Crippen LogP) is 0.766. The molecule has 5 rings (SSSR count). The summed E-state index contributed by atoms with van der Waals surface area (Å²) in [6, 6.07) is 0. The van der Waals surface area contributed by atoms with Gasteiger partial charge in [-0.15, -0.1) is 0 Å². The number of fused-ring (bicyclic) bond motifs is 3. The first-order chi connectivity index (χ1) is 14.6. The zero-order valence-electron chi connectivity index (χ0n) is 17.9. The Morgan fingerprint density at radius 1 is 1.23 bits per heavy atom. The zero-order valence-corrected chi connectivity index (χ0v) is 17.9. The van der Waals surface area contributed by atoms with Gasteiger partial charge in [-0.05, 0) is 19.9 Å². The second-order valence-electron chi connectivity index (χ2n) is 9.02. The number of methoxy groups -OCH3 is 2. The van der Waals surface area contributed by atoms with Gasteiger partial charge in [-0.3, -0.25) is 0 Å². The molecule has 5 aliphatic rings. The Labute approximate surface area is 179 Å². The van der Waals surface area contributed by atoms with Crippen LogP contribution in [0.25, 0.3) is 0 Å². The third kappa shape index (κ3) is 2.38. The molecule has 0 aromatic rings. The lowest BCUT2D eigenvalue weighted by molar-refractivity contribution is -0.194. The van der Waals surface area contributed by atoms with Crippen LogP contribution in [0.15, 0.2) is 36.0 Å². The average Bonchev–Trinajstić information content (AvgIpc) is 3.53. The van der Waals surface area contributed by atoms with Crippen LogP contribution in [0.5, 0.6) is 0 Å². The lowest BCUT2D eigenvalue weighted by Gasteiger charge is -2.32. The first kappa shape index (κ1) is 20.8. The maximum atomic E-state index is 12.8. The fourth-order valence-corrected chi connectivity index (χ4v) is 5.67. The van der Waals surface area contributed by atoms with Crippen molar-refractivity contribution in [3.8, 4) is 0 Å². The van der Waals surface area contributed by atoms with E-state index >= 15 is 0 Å². The summed E-state index contributed by atoms with van der Waals surface area (Å²) in [5, 5.41) is 11.0. The number of aliphatic hydroxyl groups excluding tert-OH is 1. The molecule has 4 saturated heterocycles. The fraction of sp³-hybridized carbons (Fsp3) is 0.636. The lowest BCUT2D eigenvalue weighted by atomic mass is 9.80. The number of carbonyl (C=O) groups is 2. The SMILES string of the molecule is C=C(C)[C@H]1CC23O[C@]4(O[C@H]4[C@@]2(C(=O)OC)O3)[C@H](C(=C)C)[C@@H]2OC(=O)/C(=C\[C@@H]1O)[C@H]2OC. The van der Waals surface area contributed by atoms with E-state index < -0.39 is 65.4 Å². The van der Waals surface area contributed by atoms with Crippen molar-refractivity contribution in [1.29, 1.82) is 0 Å². The molecule has 31 heavy (non-hydrogen) atoms. The molecule has 9 heteroatoms. The van der Waals surface area contributed by atoms with Crippen LogP contribution in [-0.2, 0) is 38.0 Å². The topological polar surface area (TPSA) is 116 Å². The number of epoxide rings is 2. The van der Waals surface area contributed by atoms with Gasteiger partial charge in [0.1, 0.15) is 12.2 Å². The molecule has 0 aromatic heterocycles. The predicted molar refractivity (Wildman–Crippen MR) is 103 cm³/mol. The summed E-state index contributed by atoms with van der Waals surface area (Å²) in [5.74, 6) is -5.05. The molecular weight excluding hydrogens is 408 g/mol. The molecule has 0 aliphatic carbocycles. The van der Waals surface area contributed by atoms with E-state index in [1.54, 1.807) is 13.8 Å². The van der Waals surface area contributed by atoms with E-state index in [1.807, 2.05) is 0 Å². The molecule has 5 aliphatic heterocycles. The van der Waals surface area contributed by atoms with Crippen LogP contribution in [0.1, 0.15) is 20.3 Å². The van der Waals surface area contributed by atoms with Gasteiger partial charge in [-0.25, -0.2) is 9.59 Å². The Bertz CT molecular complexity index is 939. The number of carbonyl (C=O) groups excluding carboxylic acids is 2. The lowest BCUT2D eigenvalue weighted by Crippen LogP contribution is -2.44. The van der Waals surface area contributed by atoms with Crippen molar-refractivity contribution < 1.29 is 43.1 Å². The maximum absolute atomic E-state index is 12.8. The average molecular weight is 434 g/mol. The molecule has 9 atom stereocenters. The zero-order chi connectivity index (χ0) is 22.5. The summed E-state index contributed by atoms with van der Waals surface area (Å²) in [6.07, 6.45) is -1.91. The van der Waals surface area contributed by atoms with Gasteiger partial charge in [0, 0.05) is 19.4 Å². The van der Waals surface area contributed by atoms with Gasteiger partial charge in [0.2, 0.25) is 11.6 Å². The summed E-state index contributed by atoms with van der Waals surface area (Å²) in [4.78, 5) is 25.6. The van der Waals surface area contributed by atoms with Crippen molar-refractivity contribution in [3.05, 3.63) is 36.0 Å². The Kier molecular flexibility index (Phi) is 4.21. The molecule has 0 aromatic carbocycles. The Morgan fingerprint density at radius 2 is 1.94 bits per heavy atom. The summed E-state index contributed by atoms with van der Waals surface area (Å²) in [7, 11) is 2.73. The third-order valence-corrected chi connectivity index (χ3v) is 7.16. The molecule has 0 saturated carbocycles. The minimum atomic E-state index is -1.47. The highest BCUT2D eigenvalue weighted by molar-refractivity contribution is 5.92. The van der Waals surface area contributed by atoms with Crippen molar-refractivity contribution in [2.24, 2.45) is 11.8 Å². The number of esters is 2. The molecule has 168 valence electrons. The van der Waals surface area contributed by atoms with Gasteiger partial charge in [-0.2, -0.15) is 0 Å². The van der Waals surface area contributed by atoms with Crippen LogP contribution in [-0.4, -0.2) is 72.9 Å². The number of hydrogen-bond donors (Lipinski definition) is 1. The van der Waals surface area contributed by atoms with Gasteiger partial charge in [0.05, 0.1) is 24.7 Å². The molecule has 0 radical (unpaired) electrons. The van der Waals surface area contributed by atoms with Crippen LogP contribution < -0.4 is 0 Å². The maximum Gasteiger partial charge on any atom is 0.347 e. The van der Waals surface area contributed by atoms with Crippen molar-refractivity contribution in [3.63, 3.8) is 0 Å². The van der Waals surface area contributed by atoms with Crippen molar-refractivity contribution in [2.45, 2.75) is 61.9 Å². The molecule has 5 heterocycles. The van der Waals surface area contributed by atoms with E-state index in [9.17, 15) is 14.7 Å². The molecule has 4 bridgehead atoms. The monoisotopic (exact) mass is 434 g/mol. The molecule has 9 nitrogen and oxygen atoms in total. The first-order valence-electron chi connectivity index (χ1n) is 10.2. The van der Waals surface area contributed by atoms with E-state index in [1.165, 1.54) is 20.3 Å². The van der Waals surface area contributed by atoms with Gasteiger partial charge < -0.3 is 33.5 Å². The molecule has 0 amide bonds. The summed E-state index contributed by atoms with van der Waals surface area (Å²) in [6.45, 7) is 11.6. The smallest absolute Gasteiger partial charge is 0.347 e. The number of ether oxygens (including phenoxy) is 6. The second-order valence-corrected chi connectivity index (χ2v) is 9.02. The molecule has 2 spiro atoms. The third-order valence-electron chi connectivity index (χ3n) is 7.16. The van der Waals surface area contributed by atoms with E-state index in [0.717, 1.165) is 0 Å². The molecular formula is C22H26O9. The minimum Gasteiger partial charge on any atom is -0.467 e. The van der Waals surface area contributed by atoms with E-state index in [-0.39, 0.29) is 12.0 Å². The van der Waals surface area contributed by atoms with Gasteiger partial charge >= 0.3 is 11.9 Å². The Morgan fingerprint density at radius 3 is 2.52 bits per heavy atom. The van der Waals surface area contributed by atoms with Crippen molar-refractivity contribution in [1.82, 2.24) is 0 Å². The van der Waals surface area contributed by atoms with E-state index in [0.29, 0.717) is 11.1 Å². The van der Waals surface area contributed by atoms with E-state index in [2.05, 4.69) is 13.2 Å². The quantitative estimate of drug-likeness (QED) is 0.389. The highest BCUT2D eigenvalue weighted by atomic mass is 17.0. The first-order valence-corrected chi connectivity index (χ1v) is 10.2. The van der Waals surface area contributed by atoms with Gasteiger partial charge in [0.15, 0.2) is 6.10 Å². The summed E-state index contributed by atoms with van der Waals surface area (Å²) >= 11 is 0. The number of hydrogen-bond acceptors (Lipinski definition) is 9. The molecule has 4 fully saturated rings. The standard InChI is InChI=1S/C22H26O9/c1-9(2)12-8-20-21(30-20,19(25)27-6)18-22(29-18,31-20)14(10(3)4)16-15(26-5)11(7-13(12)23)17(24)28-16/h7,12-16,18,23H,1,3,8H2,2,4-6H3/b11-7-/t12-,13+,14-,15-,16+,18+,20?,21+,22-/m1/s1. The van der Waals surface area contributed by atoms with Crippen molar-refractivity contribution in [2.75, 3.05) is 14.2 Å². The van der Waals surface area contributed by atoms with Gasteiger partial charge in [0.25, 0.3) is 5.60 Å². The van der Waals surface area contributed by atoms with Crippen LogP contribution >= 0.6 is 0 Å². The second kappa shape index (κ2) is 6.26. The number of rotatable bonds is 4. The van der Waals surface area contributed by atoms with Crippen molar-refractivity contribution >= 4 is 11.9 Å². The highest BCUT2D eigenvalue weighted by Gasteiger charge is 2.99. The molecule has 1 unspecified atom stereocenters. The van der Waals surface area contributed by atoms with Crippen LogP contribution in [0.2, 0.25) is 0 Å². The largest absolute Gasteiger partial charge is 0.467 e. The Hall–Kier alpha value is -2.04. The van der Waals surface area contributed by atoms with Crippen LogP contribution in [0.3, 0.4) is 0 Å². The summed E-state index contributed by atoms with van der Waals surface area (Å²) < 4.78 is 34.6. The number of aliphatic hydroxyl groups is 1. The highest BCUT2D eigenvalue weighted by Crippen LogP contribution is 2.75.